The van der Waals surface area contributed by atoms with Crippen molar-refractivity contribution in [1.29, 1.82) is 0 Å². The lowest BCUT2D eigenvalue weighted by Crippen LogP contribution is -2.33. The number of pyridine rings is 1. The Balaban J connectivity index is 1.37. The lowest BCUT2D eigenvalue weighted by atomic mass is 10.1. The minimum Gasteiger partial charge on any atom is -0.491 e. The monoisotopic (exact) mass is 486 g/mol. The summed E-state index contributed by atoms with van der Waals surface area (Å²) < 4.78 is 44.6. The van der Waals surface area contributed by atoms with Gasteiger partial charge in [0.25, 0.3) is 5.56 Å². The molecule has 2 aliphatic rings. The molecule has 1 saturated carbocycles. The Labute approximate surface area is 200 Å². The Kier molecular flexibility index (Phi) is 7.73. The second kappa shape index (κ2) is 10.7. The molecular weight excluding hydrogens is 456 g/mol. The smallest absolute Gasteiger partial charge is 0.254 e. The predicted octanol–water partition coefficient (Wildman–Crippen LogP) is 1.99. The van der Waals surface area contributed by atoms with E-state index in [-0.39, 0.29) is 29.5 Å². The Hall–Kier alpha value is -2.64. The summed E-state index contributed by atoms with van der Waals surface area (Å²) in [5.41, 5.74) is 2.40. The fraction of sp³-hybridized carbons (Fsp3) is 0.480. The molecule has 1 aromatic carbocycles. The van der Waals surface area contributed by atoms with Gasteiger partial charge in [-0.2, -0.15) is 0 Å². The van der Waals surface area contributed by atoms with Gasteiger partial charge >= 0.3 is 0 Å². The maximum atomic E-state index is 12.9. The molecule has 9 heteroatoms. The Morgan fingerprint density at radius 1 is 1.21 bits per heavy atom. The molecule has 1 unspecified atom stereocenters. The van der Waals surface area contributed by atoms with Crippen molar-refractivity contribution < 1.29 is 22.6 Å². The molecule has 0 spiro atoms. The van der Waals surface area contributed by atoms with Crippen molar-refractivity contribution in [2.24, 2.45) is 0 Å². The van der Waals surface area contributed by atoms with Crippen LogP contribution < -0.4 is 15.0 Å². The zero-order valence-electron chi connectivity index (χ0n) is 19.5. The summed E-state index contributed by atoms with van der Waals surface area (Å²) in [4.78, 5) is 12.9. The number of nitrogens with zero attached hydrogens (tertiary/aromatic N) is 1. The fourth-order valence-electron chi connectivity index (χ4n) is 3.86. The van der Waals surface area contributed by atoms with Crippen LogP contribution in [0.3, 0.4) is 0 Å². The summed E-state index contributed by atoms with van der Waals surface area (Å²) in [5, 5.41) is -0.247. The van der Waals surface area contributed by atoms with Crippen LogP contribution in [0.4, 0.5) is 0 Å². The van der Waals surface area contributed by atoms with Crippen molar-refractivity contribution in [3.8, 4) is 17.6 Å². The summed E-state index contributed by atoms with van der Waals surface area (Å²) in [6.45, 7) is 5.92. The summed E-state index contributed by atoms with van der Waals surface area (Å²) >= 11 is 0. The molecule has 34 heavy (non-hydrogen) atoms. The van der Waals surface area contributed by atoms with Crippen LogP contribution in [0, 0.1) is 18.8 Å². The third kappa shape index (κ3) is 6.27. The number of sulfonamides is 1. The fourth-order valence-corrected chi connectivity index (χ4v) is 5.12. The summed E-state index contributed by atoms with van der Waals surface area (Å²) in [7, 11) is -3.22. The summed E-state index contributed by atoms with van der Waals surface area (Å²) in [6.07, 6.45) is 1.33. The molecule has 1 aliphatic carbocycles. The zero-order valence-corrected chi connectivity index (χ0v) is 20.3. The maximum Gasteiger partial charge on any atom is 0.254 e. The molecule has 182 valence electrons. The van der Waals surface area contributed by atoms with Crippen molar-refractivity contribution in [3.05, 3.63) is 63.6 Å². The Morgan fingerprint density at radius 3 is 2.62 bits per heavy atom. The van der Waals surface area contributed by atoms with E-state index in [4.69, 9.17) is 14.2 Å². The first-order valence-electron chi connectivity index (χ1n) is 11.5. The Bertz CT molecular complexity index is 1220. The molecule has 1 N–H and O–H groups in total. The van der Waals surface area contributed by atoms with Crippen LogP contribution in [0.2, 0.25) is 0 Å². The number of hydrogen-bond acceptors (Lipinski definition) is 6. The topological polar surface area (TPSA) is 95.9 Å². The van der Waals surface area contributed by atoms with Gasteiger partial charge in [0.15, 0.2) is 0 Å². The van der Waals surface area contributed by atoms with E-state index in [1.165, 1.54) is 6.07 Å². The molecule has 0 amide bonds. The lowest BCUT2D eigenvalue weighted by molar-refractivity contribution is -0.101. The highest BCUT2D eigenvalue weighted by Crippen LogP contribution is 2.27. The highest BCUT2D eigenvalue weighted by atomic mass is 32.2. The van der Waals surface area contributed by atoms with Gasteiger partial charge < -0.3 is 18.8 Å². The molecule has 0 radical (unpaired) electrons. The van der Waals surface area contributed by atoms with E-state index in [9.17, 15) is 13.2 Å². The third-order valence-electron chi connectivity index (χ3n) is 5.89. The maximum absolute atomic E-state index is 12.9. The number of nitrogens with one attached hydrogen (secondary N) is 1. The first-order chi connectivity index (χ1) is 16.3. The van der Waals surface area contributed by atoms with Crippen molar-refractivity contribution in [2.45, 2.75) is 44.1 Å². The average molecular weight is 487 g/mol. The van der Waals surface area contributed by atoms with E-state index in [0.29, 0.717) is 32.2 Å². The van der Waals surface area contributed by atoms with Crippen molar-refractivity contribution >= 4 is 10.0 Å². The van der Waals surface area contributed by atoms with Gasteiger partial charge in [0.1, 0.15) is 18.5 Å². The van der Waals surface area contributed by atoms with Crippen LogP contribution >= 0.6 is 0 Å². The number of rotatable bonds is 8. The van der Waals surface area contributed by atoms with Gasteiger partial charge in [0.2, 0.25) is 10.0 Å². The van der Waals surface area contributed by atoms with Crippen LogP contribution in [-0.4, -0.2) is 57.3 Å². The third-order valence-corrected chi connectivity index (χ3v) is 7.79. The van der Waals surface area contributed by atoms with Crippen LogP contribution in [0.25, 0.3) is 0 Å². The highest BCUT2D eigenvalue weighted by Gasteiger charge is 2.35. The molecule has 1 saturated heterocycles. The molecule has 1 aromatic heterocycles. The molecule has 0 bridgehead atoms. The van der Waals surface area contributed by atoms with Crippen molar-refractivity contribution in [2.75, 3.05) is 33.0 Å². The summed E-state index contributed by atoms with van der Waals surface area (Å²) in [5.74, 6) is 6.34. The number of ether oxygens (including phenoxy) is 3. The molecule has 1 aliphatic heterocycles. The first kappa shape index (κ1) is 24.5. The standard InChI is InChI=1S/C25H30N2O6S/c1-18-14-22(33-17-23-16-31-12-13-32-23)15-25(28)27(18)19(2)21-7-5-20(6-8-21)4-3-11-26-34(29,30)24-9-10-24/h5-8,14-15,19,23-24,26H,9-13,16-17H2,1-2H3/t19-,23?/m1/s1. The van der Waals surface area contributed by atoms with Gasteiger partial charge in [-0.15, -0.1) is 0 Å². The van der Waals surface area contributed by atoms with E-state index in [1.54, 1.807) is 4.57 Å². The van der Waals surface area contributed by atoms with Gasteiger partial charge in [0, 0.05) is 17.3 Å². The number of benzene rings is 1. The number of hydrogen-bond donors (Lipinski definition) is 1. The zero-order chi connectivity index (χ0) is 24.1. The van der Waals surface area contributed by atoms with E-state index >= 15 is 0 Å². The van der Waals surface area contributed by atoms with Crippen LogP contribution in [-0.2, 0) is 19.5 Å². The molecule has 2 atom stereocenters. The molecule has 2 heterocycles. The molecular formula is C25H30N2O6S. The van der Waals surface area contributed by atoms with Crippen LogP contribution in [0.15, 0.2) is 41.2 Å². The second-order valence-corrected chi connectivity index (χ2v) is 10.6. The number of aromatic nitrogens is 1. The predicted molar refractivity (Wildman–Crippen MR) is 129 cm³/mol. The largest absolute Gasteiger partial charge is 0.491 e. The van der Waals surface area contributed by atoms with Gasteiger partial charge in [-0.05, 0) is 50.5 Å². The molecule has 8 nitrogen and oxygen atoms in total. The quantitative estimate of drug-likeness (QED) is 0.574. The Morgan fingerprint density at radius 2 is 1.97 bits per heavy atom. The lowest BCUT2D eigenvalue weighted by Gasteiger charge is -2.23. The van der Waals surface area contributed by atoms with Gasteiger partial charge in [-0.3, -0.25) is 4.79 Å². The van der Waals surface area contributed by atoms with Crippen molar-refractivity contribution in [1.82, 2.24) is 9.29 Å². The molecule has 2 aromatic rings. The van der Waals surface area contributed by atoms with Gasteiger partial charge in [-0.25, -0.2) is 13.1 Å². The minimum atomic E-state index is -3.22. The van der Waals surface area contributed by atoms with E-state index in [1.807, 2.05) is 44.2 Å². The van der Waals surface area contributed by atoms with Gasteiger partial charge in [-0.1, -0.05) is 24.0 Å². The van der Waals surface area contributed by atoms with Crippen LogP contribution in [0.1, 0.15) is 42.6 Å². The summed E-state index contributed by atoms with van der Waals surface area (Å²) in [6, 6.07) is 10.8. The molecule has 4 rings (SSSR count). The van der Waals surface area contributed by atoms with Crippen LogP contribution in [0.5, 0.6) is 5.75 Å². The second-order valence-electron chi connectivity index (χ2n) is 8.58. The van der Waals surface area contributed by atoms with E-state index in [0.717, 1.165) is 29.7 Å². The van der Waals surface area contributed by atoms with Gasteiger partial charge in [0.05, 0.1) is 37.7 Å². The van der Waals surface area contributed by atoms with E-state index < -0.39 is 10.0 Å². The normalized spacial score (nSPS) is 19.2. The van der Waals surface area contributed by atoms with E-state index in [2.05, 4.69) is 16.6 Å². The van der Waals surface area contributed by atoms with Crippen molar-refractivity contribution in [3.63, 3.8) is 0 Å². The molecule has 2 fully saturated rings. The minimum absolute atomic E-state index is 0.0971. The first-order valence-corrected chi connectivity index (χ1v) is 13.0. The number of aryl methyl sites for hydroxylation is 1. The average Bonchev–Trinajstić information content (AvgIpc) is 3.68. The highest BCUT2D eigenvalue weighted by molar-refractivity contribution is 7.90. The SMILES string of the molecule is Cc1cc(OCC2COCCO2)cc(=O)n1[C@H](C)c1ccc(C#CCNS(=O)(=O)C2CC2)cc1.